The summed E-state index contributed by atoms with van der Waals surface area (Å²) in [6.45, 7) is 0. The summed E-state index contributed by atoms with van der Waals surface area (Å²) >= 11 is 2.93. The molecule has 0 saturated carbocycles. The Bertz CT molecular complexity index is 454. The number of carboxylic acids is 1. The number of carboxylic acid groups (broad SMARTS) is 1. The smallest absolute Gasteiger partial charge is 0.337 e. The van der Waals surface area contributed by atoms with Gasteiger partial charge in [0.1, 0.15) is 6.07 Å². The fourth-order valence-corrected chi connectivity index (χ4v) is 1.60. The van der Waals surface area contributed by atoms with Gasteiger partial charge in [0.25, 0.3) is 6.43 Å². The number of hydrogen-bond acceptors (Lipinski definition) is 2. The lowest BCUT2D eigenvalue weighted by Crippen LogP contribution is -2.06. The van der Waals surface area contributed by atoms with E-state index in [1.807, 2.05) is 0 Å². The minimum absolute atomic E-state index is 0.249. The van der Waals surface area contributed by atoms with Crippen LogP contribution in [0.25, 0.3) is 0 Å². The Balaban J connectivity index is 3.56. The van der Waals surface area contributed by atoms with Gasteiger partial charge >= 0.3 is 5.97 Å². The Labute approximate surface area is 92.1 Å². The van der Waals surface area contributed by atoms with Crippen molar-refractivity contribution in [1.82, 2.24) is 0 Å². The fourth-order valence-electron chi connectivity index (χ4n) is 1.13. The first-order valence-electron chi connectivity index (χ1n) is 3.72. The maximum atomic E-state index is 12.5. The zero-order chi connectivity index (χ0) is 11.6. The summed E-state index contributed by atoms with van der Waals surface area (Å²) in [5, 5.41) is 17.3. The van der Waals surface area contributed by atoms with Crippen LogP contribution in [0.2, 0.25) is 0 Å². The molecule has 78 valence electrons. The van der Waals surface area contributed by atoms with Gasteiger partial charge in [0.15, 0.2) is 0 Å². The van der Waals surface area contributed by atoms with E-state index in [0.29, 0.717) is 0 Å². The van der Waals surface area contributed by atoms with Crippen LogP contribution in [-0.2, 0) is 0 Å². The Morgan fingerprint density at radius 2 is 2.13 bits per heavy atom. The van der Waals surface area contributed by atoms with Gasteiger partial charge in [0, 0.05) is 10.0 Å². The standard InChI is InChI=1S/C9H4BrF2NO2/c10-5-1-4(3-13)7(9(14)15)6(2-5)8(11)12/h1-2,8H,(H,14,15). The number of rotatable bonds is 2. The van der Waals surface area contributed by atoms with Crippen LogP contribution < -0.4 is 0 Å². The minimum Gasteiger partial charge on any atom is -0.478 e. The number of nitrogens with zero attached hydrogens (tertiary/aromatic N) is 1. The molecule has 0 aromatic heterocycles. The maximum Gasteiger partial charge on any atom is 0.337 e. The molecule has 1 rings (SSSR count). The van der Waals surface area contributed by atoms with Gasteiger partial charge in [-0.05, 0) is 12.1 Å². The van der Waals surface area contributed by atoms with E-state index < -0.39 is 23.5 Å². The summed E-state index contributed by atoms with van der Waals surface area (Å²) in [5.74, 6) is -1.53. The normalized spacial score (nSPS) is 10.1. The van der Waals surface area contributed by atoms with Crippen LogP contribution in [-0.4, -0.2) is 11.1 Å². The van der Waals surface area contributed by atoms with Crippen molar-refractivity contribution in [1.29, 1.82) is 5.26 Å². The van der Waals surface area contributed by atoms with Crippen molar-refractivity contribution in [2.45, 2.75) is 6.43 Å². The van der Waals surface area contributed by atoms with Crippen LogP contribution >= 0.6 is 15.9 Å². The lowest BCUT2D eigenvalue weighted by molar-refractivity contribution is 0.0684. The van der Waals surface area contributed by atoms with Crippen molar-refractivity contribution in [3.8, 4) is 6.07 Å². The molecule has 0 atom stereocenters. The molecule has 0 aliphatic heterocycles. The van der Waals surface area contributed by atoms with Crippen molar-refractivity contribution in [3.05, 3.63) is 33.3 Å². The Morgan fingerprint density at radius 3 is 2.53 bits per heavy atom. The number of halogens is 3. The molecule has 0 bridgehead atoms. The third-order valence-electron chi connectivity index (χ3n) is 1.70. The highest BCUT2D eigenvalue weighted by atomic mass is 79.9. The van der Waals surface area contributed by atoms with Crippen LogP contribution in [0, 0.1) is 11.3 Å². The Hall–Kier alpha value is -1.48. The second kappa shape index (κ2) is 4.36. The molecule has 1 aromatic carbocycles. The van der Waals surface area contributed by atoms with Crippen LogP contribution in [0.15, 0.2) is 16.6 Å². The van der Waals surface area contributed by atoms with E-state index in [9.17, 15) is 13.6 Å². The Morgan fingerprint density at radius 1 is 1.53 bits per heavy atom. The second-order valence-corrected chi connectivity index (χ2v) is 3.55. The van der Waals surface area contributed by atoms with Gasteiger partial charge in [-0.15, -0.1) is 0 Å². The van der Waals surface area contributed by atoms with Crippen LogP contribution in [0.4, 0.5) is 8.78 Å². The fraction of sp³-hybridized carbons (Fsp3) is 0.111. The van der Waals surface area contributed by atoms with Gasteiger partial charge < -0.3 is 5.11 Å². The first-order valence-corrected chi connectivity index (χ1v) is 4.51. The molecule has 0 aliphatic carbocycles. The van der Waals surface area contributed by atoms with Crippen molar-refractivity contribution in [3.63, 3.8) is 0 Å². The molecular formula is C9H4BrF2NO2. The van der Waals surface area contributed by atoms with Gasteiger partial charge in [-0.2, -0.15) is 5.26 Å². The van der Waals surface area contributed by atoms with Crippen molar-refractivity contribution >= 4 is 21.9 Å². The monoisotopic (exact) mass is 275 g/mol. The summed E-state index contributed by atoms with van der Waals surface area (Å²) in [6.07, 6.45) is -2.93. The molecule has 0 heterocycles. The number of benzene rings is 1. The first-order chi connectivity index (χ1) is 6.97. The van der Waals surface area contributed by atoms with Gasteiger partial charge in [0.2, 0.25) is 0 Å². The molecule has 0 saturated heterocycles. The van der Waals surface area contributed by atoms with Gasteiger partial charge in [-0.25, -0.2) is 13.6 Å². The molecule has 1 aromatic rings. The molecule has 0 radical (unpaired) electrons. The number of carbonyl (C=O) groups is 1. The van der Waals surface area contributed by atoms with E-state index in [1.165, 1.54) is 6.07 Å². The molecule has 0 unspecified atom stereocenters. The van der Waals surface area contributed by atoms with E-state index in [-0.39, 0.29) is 10.0 Å². The molecule has 0 aliphatic rings. The second-order valence-electron chi connectivity index (χ2n) is 2.64. The summed E-state index contributed by atoms with van der Waals surface area (Å²) in [5.41, 5.74) is -1.59. The highest BCUT2D eigenvalue weighted by molar-refractivity contribution is 9.10. The molecule has 6 heteroatoms. The lowest BCUT2D eigenvalue weighted by Gasteiger charge is -2.07. The SMILES string of the molecule is N#Cc1cc(Br)cc(C(F)F)c1C(=O)O. The van der Waals surface area contributed by atoms with Crippen LogP contribution in [0.3, 0.4) is 0 Å². The predicted molar refractivity (Wildman–Crippen MR) is 50.8 cm³/mol. The quantitative estimate of drug-likeness (QED) is 0.903. The molecule has 0 fully saturated rings. The zero-order valence-electron chi connectivity index (χ0n) is 7.17. The summed E-state index contributed by atoms with van der Waals surface area (Å²) in [4.78, 5) is 10.7. The lowest BCUT2D eigenvalue weighted by atomic mass is 10.0. The van der Waals surface area contributed by atoms with Gasteiger partial charge in [-0.1, -0.05) is 15.9 Å². The third kappa shape index (κ3) is 2.30. The van der Waals surface area contributed by atoms with Gasteiger partial charge in [0.05, 0.1) is 11.1 Å². The number of hydrogen-bond donors (Lipinski definition) is 1. The summed E-state index contributed by atoms with van der Waals surface area (Å²) in [7, 11) is 0. The number of aromatic carboxylic acids is 1. The predicted octanol–water partition coefficient (Wildman–Crippen LogP) is 2.96. The van der Waals surface area contributed by atoms with Crippen LogP contribution in [0.1, 0.15) is 27.9 Å². The maximum absolute atomic E-state index is 12.5. The Kier molecular flexibility index (Phi) is 3.37. The van der Waals surface area contributed by atoms with Gasteiger partial charge in [-0.3, -0.25) is 0 Å². The molecule has 3 nitrogen and oxygen atoms in total. The van der Waals surface area contributed by atoms with Crippen molar-refractivity contribution < 1.29 is 18.7 Å². The average Bonchev–Trinajstić information content (AvgIpc) is 2.15. The van der Waals surface area contributed by atoms with E-state index in [4.69, 9.17) is 10.4 Å². The van der Waals surface area contributed by atoms with E-state index in [1.54, 1.807) is 6.07 Å². The summed E-state index contributed by atoms with van der Waals surface area (Å²) in [6, 6.07) is 3.75. The van der Waals surface area contributed by atoms with E-state index >= 15 is 0 Å². The van der Waals surface area contributed by atoms with Crippen molar-refractivity contribution in [2.75, 3.05) is 0 Å². The number of nitriles is 1. The highest BCUT2D eigenvalue weighted by Gasteiger charge is 2.22. The third-order valence-corrected chi connectivity index (χ3v) is 2.16. The van der Waals surface area contributed by atoms with E-state index in [0.717, 1.165) is 6.07 Å². The molecule has 0 amide bonds. The first kappa shape index (κ1) is 11.6. The highest BCUT2D eigenvalue weighted by Crippen LogP contribution is 2.29. The van der Waals surface area contributed by atoms with Crippen LogP contribution in [0.5, 0.6) is 0 Å². The summed E-state index contributed by atoms with van der Waals surface area (Å²) < 4.78 is 25.2. The largest absolute Gasteiger partial charge is 0.478 e. The number of alkyl halides is 2. The molecule has 0 spiro atoms. The minimum atomic E-state index is -2.93. The molecular weight excluding hydrogens is 272 g/mol. The topological polar surface area (TPSA) is 61.1 Å². The van der Waals surface area contributed by atoms with E-state index in [2.05, 4.69) is 15.9 Å². The average molecular weight is 276 g/mol. The van der Waals surface area contributed by atoms with Crippen molar-refractivity contribution in [2.24, 2.45) is 0 Å². The molecule has 1 N–H and O–H groups in total. The molecule has 15 heavy (non-hydrogen) atoms. The zero-order valence-corrected chi connectivity index (χ0v) is 8.75.